The molecule has 0 amide bonds. The topological polar surface area (TPSA) is 53.7 Å². The van der Waals surface area contributed by atoms with Crippen molar-refractivity contribution >= 4 is 15.9 Å². The molecule has 1 aliphatic rings. The molecule has 0 aromatic heterocycles. The minimum Gasteiger partial charge on any atom is -0.454 e. The van der Waals surface area contributed by atoms with E-state index in [-0.39, 0.29) is 12.9 Å². The van der Waals surface area contributed by atoms with Gasteiger partial charge in [0.15, 0.2) is 11.5 Å². The molecule has 2 N–H and O–H groups in total. The van der Waals surface area contributed by atoms with Crippen molar-refractivity contribution in [3.05, 3.63) is 58.1 Å². The Morgan fingerprint density at radius 1 is 1.14 bits per heavy atom. The van der Waals surface area contributed by atoms with Gasteiger partial charge in [-0.3, -0.25) is 0 Å². The highest BCUT2D eigenvalue weighted by molar-refractivity contribution is 9.10. The van der Waals surface area contributed by atoms with E-state index in [2.05, 4.69) is 15.9 Å². The molecular formula is C16H16BrNO3. The highest BCUT2D eigenvalue weighted by Crippen LogP contribution is 2.33. The van der Waals surface area contributed by atoms with Gasteiger partial charge in [0.2, 0.25) is 6.79 Å². The molecule has 4 nitrogen and oxygen atoms in total. The van der Waals surface area contributed by atoms with Gasteiger partial charge in [-0.2, -0.15) is 0 Å². The van der Waals surface area contributed by atoms with Crippen LogP contribution in [0.3, 0.4) is 0 Å². The lowest BCUT2D eigenvalue weighted by molar-refractivity contribution is 0.0455. The Balaban J connectivity index is 1.68. The Morgan fingerprint density at radius 3 is 2.81 bits per heavy atom. The van der Waals surface area contributed by atoms with Crippen LogP contribution in [0.1, 0.15) is 17.2 Å². The molecule has 0 aliphatic carbocycles. The number of benzene rings is 2. The second-order valence-electron chi connectivity index (χ2n) is 4.78. The maximum atomic E-state index is 5.94. The first-order valence-corrected chi connectivity index (χ1v) is 7.51. The first-order valence-electron chi connectivity index (χ1n) is 6.72. The summed E-state index contributed by atoms with van der Waals surface area (Å²) in [6, 6.07) is 13.8. The standard InChI is InChI=1S/C16H16BrNO3/c17-13-3-1-2-12(7-13)16(8-18)19-9-11-4-5-14-15(6-11)21-10-20-14/h1-7,16H,8-10,18H2. The van der Waals surface area contributed by atoms with Crippen LogP contribution in [0.2, 0.25) is 0 Å². The first kappa shape index (κ1) is 14.4. The van der Waals surface area contributed by atoms with Gasteiger partial charge in [0, 0.05) is 11.0 Å². The molecular weight excluding hydrogens is 334 g/mol. The molecule has 1 unspecified atom stereocenters. The van der Waals surface area contributed by atoms with Crippen molar-refractivity contribution in [2.75, 3.05) is 13.3 Å². The summed E-state index contributed by atoms with van der Waals surface area (Å²) in [5.41, 5.74) is 7.92. The number of nitrogens with two attached hydrogens (primary N) is 1. The molecule has 1 heterocycles. The van der Waals surface area contributed by atoms with Gasteiger partial charge in [0.25, 0.3) is 0 Å². The maximum Gasteiger partial charge on any atom is 0.231 e. The van der Waals surface area contributed by atoms with Crippen LogP contribution in [-0.2, 0) is 11.3 Å². The van der Waals surface area contributed by atoms with E-state index in [4.69, 9.17) is 19.9 Å². The van der Waals surface area contributed by atoms with Gasteiger partial charge in [-0.1, -0.05) is 34.1 Å². The van der Waals surface area contributed by atoms with E-state index in [1.165, 1.54) is 0 Å². The zero-order valence-electron chi connectivity index (χ0n) is 11.4. The van der Waals surface area contributed by atoms with Crippen molar-refractivity contribution in [1.29, 1.82) is 0 Å². The summed E-state index contributed by atoms with van der Waals surface area (Å²) in [6.45, 7) is 1.19. The zero-order valence-corrected chi connectivity index (χ0v) is 13.0. The van der Waals surface area contributed by atoms with Crippen molar-refractivity contribution < 1.29 is 14.2 Å². The Morgan fingerprint density at radius 2 is 2.00 bits per heavy atom. The zero-order chi connectivity index (χ0) is 14.7. The summed E-state index contributed by atoms with van der Waals surface area (Å²) in [6.07, 6.45) is -0.132. The quantitative estimate of drug-likeness (QED) is 0.898. The van der Waals surface area contributed by atoms with E-state index in [1.54, 1.807) is 0 Å². The Kier molecular flexibility index (Phi) is 4.43. The van der Waals surface area contributed by atoms with Gasteiger partial charge < -0.3 is 19.9 Å². The minimum absolute atomic E-state index is 0.132. The Bertz CT molecular complexity index is 633. The predicted octanol–water partition coefficient (Wildman–Crippen LogP) is 3.39. The summed E-state index contributed by atoms with van der Waals surface area (Å²) in [5, 5.41) is 0. The SMILES string of the molecule is NCC(OCc1ccc2c(c1)OCO2)c1cccc(Br)c1. The molecule has 1 aliphatic heterocycles. The molecule has 0 spiro atoms. The van der Waals surface area contributed by atoms with Crippen LogP contribution >= 0.6 is 15.9 Å². The van der Waals surface area contributed by atoms with E-state index in [9.17, 15) is 0 Å². The van der Waals surface area contributed by atoms with E-state index < -0.39 is 0 Å². The Labute approximate surface area is 131 Å². The maximum absolute atomic E-state index is 5.94. The molecule has 0 radical (unpaired) electrons. The van der Waals surface area contributed by atoms with Crippen molar-refractivity contribution in [2.24, 2.45) is 5.73 Å². The lowest BCUT2D eigenvalue weighted by Crippen LogP contribution is -2.15. The smallest absolute Gasteiger partial charge is 0.231 e. The van der Waals surface area contributed by atoms with Crippen molar-refractivity contribution in [2.45, 2.75) is 12.7 Å². The van der Waals surface area contributed by atoms with Crippen molar-refractivity contribution in [3.63, 3.8) is 0 Å². The molecule has 3 rings (SSSR count). The fraction of sp³-hybridized carbons (Fsp3) is 0.250. The number of hydrogen-bond acceptors (Lipinski definition) is 4. The highest BCUT2D eigenvalue weighted by Gasteiger charge is 2.15. The number of fused-ring (bicyclic) bond motifs is 1. The lowest BCUT2D eigenvalue weighted by Gasteiger charge is -2.17. The fourth-order valence-corrected chi connectivity index (χ4v) is 2.65. The molecule has 1 atom stereocenters. The van der Waals surface area contributed by atoms with Gasteiger partial charge in [-0.05, 0) is 35.4 Å². The van der Waals surface area contributed by atoms with Crippen molar-refractivity contribution in [1.82, 2.24) is 0 Å². The van der Waals surface area contributed by atoms with Crippen LogP contribution in [0.5, 0.6) is 11.5 Å². The van der Waals surface area contributed by atoms with Crippen molar-refractivity contribution in [3.8, 4) is 11.5 Å². The molecule has 2 aromatic rings. The van der Waals surface area contributed by atoms with Gasteiger partial charge >= 0.3 is 0 Å². The average molecular weight is 350 g/mol. The van der Waals surface area contributed by atoms with E-state index in [1.807, 2.05) is 42.5 Å². The molecule has 0 fully saturated rings. The predicted molar refractivity (Wildman–Crippen MR) is 83.3 cm³/mol. The van der Waals surface area contributed by atoms with Crippen LogP contribution in [0.25, 0.3) is 0 Å². The monoisotopic (exact) mass is 349 g/mol. The van der Waals surface area contributed by atoms with Gasteiger partial charge in [-0.25, -0.2) is 0 Å². The highest BCUT2D eigenvalue weighted by atomic mass is 79.9. The number of hydrogen-bond donors (Lipinski definition) is 1. The average Bonchev–Trinajstić information content (AvgIpc) is 2.95. The Hall–Kier alpha value is -1.56. The third kappa shape index (κ3) is 3.37. The molecule has 0 saturated heterocycles. The number of ether oxygens (including phenoxy) is 3. The summed E-state index contributed by atoms with van der Waals surface area (Å²) in [5.74, 6) is 1.55. The third-order valence-corrected chi connectivity index (χ3v) is 3.82. The minimum atomic E-state index is -0.132. The molecule has 5 heteroatoms. The van der Waals surface area contributed by atoms with Crippen LogP contribution in [-0.4, -0.2) is 13.3 Å². The van der Waals surface area contributed by atoms with Gasteiger partial charge in [-0.15, -0.1) is 0 Å². The van der Waals surface area contributed by atoms with E-state index >= 15 is 0 Å². The molecule has 0 saturated carbocycles. The fourth-order valence-electron chi connectivity index (χ4n) is 2.23. The molecule has 2 aromatic carbocycles. The number of halogens is 1. The van der Waals surface area contributed by atoms with Crippen LogP contribution in [0.15, 0.2) is 46.9 Å². The van der Waals surface area contributed by atoms with Crippen LogP contribution < -0.4 is 15.2 Å². The number of rotatable bonds is 5. The van der Waals surface area contributed by atoms with Crippen LogP contribution in [0, 0.1) is 0 Å². The summed E-state index contributed by atoms with van der Waals surface area (Å²) in [7, 11) is 0. The molecule has 110 valence electrons. The second-order valence-corrected chi connectivity index (χ2v) is 5.69. The van der Waals surface area contributed by atoms with Gasteiger partial charge in [0.05, 0.1) is 12.7 Å². The molecule has 21 heavy (non-hydrogen) atoms. The largest absolute Gasteiger partial charge is 0.454 e. The summed E-state index contributed by atoms with van der Waals surface area (Å²) < 4.78 is 17.6. The molecule has 0 bridgehead atoms. The van der Waals surface area contributed by atoms with Gasteiger partial charge in [0.1, 0.15) is 0 Å². The summed E-state index contributed by atoms with van der Waals surface area (Å²) in [4.78, 5) is 0. The normalized spacial score (nSPS) is 14.2. The van der Waals surface area contributed by atoms with E-state index in [0.717, 1.165) is 27.1 Å². The lowest BCUT2D eigenvalue weighted by atomic mass is 10.1. The van der Waals surface area contributed by atoms with E-state index in [0.29, 0.717) is 13.2 Å². The third-order valence-electron chi connectivity index (χ3n) is 3.32. The van der Waals surface area contributed by atoms with Crippen LogP contribution in [0.4, 0.5) is 0 Å². The first-order chi connectivity index (χ1) is 10.3. The second kappa shape index (κ2) is 6.47. The summed E-state index contributed by atoms with van der Waals surface area (Å²) >= 11 is 3.46.